The molecule has 33 heavy (non-hydrogen) atoms. The van der Waals surface area contributed by atoms with E-state index >= 15 is 0 Å². The predicted octanol–water partition coefficient (Wildman–Crippen LogP) is 5.63. The third-order valence-electron chi connectivity index (χ3n) is 8.49. The average molecular weight is 453 g/mol. The number of rotatable bonds is 5. The van der Waals surface area contributed by atoms with Crippen molar-refractivity contribution in [1.29, 1.82) is 0 Å². The molecule has 6 rings (SSSR count). The molecule has 3 aromatic carbocycles. The Balaban J connectivity index is 1.73. The summed E-state index contributed by atoms with van der Waals surface area (Å²) in [5, 5.41) is 2.34. The summed E-state index contributed by atoms with van der Waals surface area (Å²) in [6, 6.07) is 29.5. The van der Waals surface area contributed by atoms with Crippen molar-refractivity contribution in [3.05, 3.63) is 84.9 Å². The molecule has 0 saturated heterocycles. The second-order valence-electron chi connectivity index (χ2n) is 10.2. The Morgan fingerprint density at radius 2 is 1.52 bits per heavy atom. The second kappa shape index (κ2) is 8.44. The van der Waals surface area contributed by atoms with Crippen molar-refractivity contribution in [2.45, 2.75) is 32.3 Å². The molecule has 3 aromatic rings. The molecule has 0 aliphatic heterocycles. The van der Waals surface area contributed by atoms with E-state index in [1.54, 1.807) is 0 Å². The summed E-state index contributed by atoms with van der Waals surface area (Å²) in [4.78, 5) is 13.3. The minimum Gasteiger partial charge on any atom is -0.469 e. The van der Waals surface area contributed by atoms with Crippen LogP contribution >= 0.6 is 7.14 Å². The van der Waals surface area contributed by atoms with Gasteiger partial charge < -0.3 is 4.74 Å². The molecule has 0 amide bonds. The Bertz CT molecular complexity index is 1150. The maximum absolute atomic E-state index is 13.3. The molecular formula is C29H31BO2P. The molecule has 5 atom stereocenters. The van der Waals surface area contributed by atoms with Crippen LogP contribution in [0.15, 0.2) is 84.9 Å². The van der Waals surface area contributed by atoms with Gasteiger partial charge in [0, 0.05) is 16.5 Å². The molecule has 167 valence electrons. The van der Waals surface area contributed by atoms with Gasteiger partial charge >= 0.3 is 5.97 Å². The van der Waals surface area contributed by atoms with Crippen LogP contribution < -0.4 is 10.6 Å². The average Bonchev–Trinajstić information content (AvgIpc) is 2.88. The first kappa shape index (κ1) is 22.4. The van der Waals surface area contributed by atoms with Crippen LogP contribution in [-0.4, -0.2) is 26.3 Å². The molecule has 0 aromatic heterocycles. The molecule has 1 unspecified atom stereocenters. The lowest BCUT2D eigenvalue weighted by Crippen LogP contribution is -2.61. The van der Waals surface area contributed by atoms with E-state index < -0.39 is 7.14 Å². The van der Waals surface area contributed by atoms with Crippen molar-refractivity contribution in [1.82, 2.24) is 0 Å². The van der Waals surface area contributed by atoms with E-state index in [9.17, 15) is 4.79 Å². The van der Waals surface area contributed by atoms with Crippen LogP contribution in [0.4, 0.5) is 0 Å². The smallest absolute Gasteiger partial charge is 0.312 e. The van der Waals surface area contributed by atoms with Crippen LogP contribution in [0.25, 0.3) is 11.1 Å². The number of benzene rings is 3. The zero-order valence-corrected chi connectivity index (χ0v) is 20.5. The lowest BCUT2D eigenvalue weighted by molar-refractivity contribution is -0.166. The van der Waals surface area contributed by atoms with Crippen LogP contribution in [0, 0.1) is 23.2 Å². The monoisotopic (exact) mass is 453 g/mol. The van der Waals surface area contributed by atoms with Gasteiger partial charge in [-0.1, -0.05) is 80.6 Å². The van der Waals surface area contributed by atoms with Gasteiger partial charge in [0.25, 0.3) is 0 Å². The zero-order valence-electron chi connectivity index (χ0n) is 19.6. The highest BCUT2D eigenvalue weighted by atomic mass is 31.2. The molecule has 3 saturated carbocycles. The van der Waals surface area contributed by atoms with Crippen molar-refractivity contribution in [2.24, 2.45) is 23.2 Å². The molecular weight excluding hydrogens is 422 g/mol. The number of carbonyl (C=O) groups is 1. The summed E-state index contributed by atoms with van der Waals surface area (Å²) in [6.45, 7) is 4.63. The summed E-state index contributed by atoms with van der Waals surface area (Å²) in [5.41, 5.74) is 2.54. The maximum atomic E-state index is 13.3. The number of esters is 1. The third kappa shape index (κ3) is 3.48. The van der Waals surface area contributed by atoms with E-state index in [1.165, 1.54) is 18.0 Å². The van der Waals surface area contributed by atoms with Gasteiger partial charge in [0.2, 0.25) is 0 Å². The van der Waals surface area contributed by atoms with Crippen LogP contribution in [0.5, 0.6) is 0 Å². The first-order chi connectivity index (χ1) is 15.9. The van der Waals surface area contributed by atoms with E-state index in [-0.39, 0.29) is 23.0 Å². The normalized spacial score (nSPS) is 27.2. The number of ether oxygens (including phenoxy) is 1. The summed E-state index contributed by atoms with van der Waals surface area (Å²) in [6.07, 6.45) is 2.06. The van der Waals surface area contributed by atoms with E-state index in [0.29, 0.717) is 11.8 Å². The fraction of sp³-hybridized carbons (Fsp3) is 0.345. The van der Waals surface area contributed by atoms with Crippen molar-refractivity contribution in [2.75, 3.05) is 7.11 Å². The number of methoxy groups -OCH3 is 1. The first-order valence-corrected chi connectivity index (χ1v) is 13.8. The summed E-state index contributed by atoms with van der Waals surface area (Å²) in [7, 11) is 6.79. The van der Waals surface area contributed by atoms with E-state index in [1.807, 2.05) is 12.1 Å². The Morgan fingerprint density at radius 1 is 0.909 bits per heavy atom. The van der Waals surface area contributed by atoms with Crippen molar-refractivity contribution >= 4 is 31.3 Å². The second-order valence-corrected chi connectivity index (χ2v) is 13.4. The van der Waals surface area contributed by atoms with Crippen molar-refractivity contribution in [3.63, 3.8) is 0 Å². The Labute approximate surface area is 199 Å². The number of hydrogen-bond acceptors (Lipinski definition) is 2. The van der Waals surface area contributed by atoms with Gasteiger partial charge in [0.1, 0.15) is 0 Å². The molecule has 2 bridgehead atoms. The van der Waals surface area contributed by atoms with Gasteiger partial charge in [-0.25, -0.2) is 0 Å². The highest BCUT2D eigenvalue weighted by molar-refractivity contribution is 8.09. The van der Waals surface area contributed by atoms with E-state index in [4.69, 9.17) is 12.3 Å². The molecule has 0 heterocycles. The van der Waals surface area contributed by atoms with Gasteiger partial charge in [0.05, 0.1) is 18.3 Å². The van der Waals surface area contributed by atoms with Gasteiger partial charge in [-0.15, -0.1) is 0 Å². The highest BCUT2D eigenvalue weighted by Crippen LogP contribution is 2.72. The lowest BCUT2D eigenvalue weighted by Gasteiger charge is -2.64. The highest BCUT2D eigenvalue weighted by Gasteiger charge is 2.63. The fourth-order valence-corrected chi connectivity index (χ4v) is 10.5. The largest absolute Gasteiger partial charge is 0.469 e. The zero-order chi connectivity index (χ0) is 23.2. The molecule has 3 radical (unpaired) electrons. The topological polar surface area (TPSA) is 26.3 Å². The Morgan fingerprint density at radius 3 is 2.15 bits per heavy atom. The van der Waals surface area contributed by atoms with Gasteiger partial charge in [-0.2, -0.15) is 7.14 Å². The quantitative estimate of drug-likeness (QED) is 0.284. The fourth-order valence-electron chi connectivity index (χ4n) is 6.49. The maximum Gasteiger partial charge on any atom is 0.312 e. The van der Waals surface area contributed by atoms with Crippen LogP contribution in [0.2, 0.25) is 0 Å². The molecule has 3 aliphatic carbocycles. The molecule has 2 nitrogen and oxygen atoms in total. The standard InChI is InChI=1S/C29H31BO2P/c1-29(2)21-18-24(29)27(28(31)32-3)26(19-21)33(30,22-14-8-5-9-15-22)25-17-11-10-16-23(25)20-12-6-4-7-13-20/h4-17,21,24,26-27H,18-19H2,1-3H3/t21-,24+,26+,27+,33?/m1/s1. The third-order valence-corrected chi connectivity index (χ3v) is 12.4. The predicted molar refractivity (Wildman–Crippen MR) is 140 cm³/mol. The van der Waals surface area contributed by atoms with Crippen LogP contribution in [0.1, 0.15) is 26.7 Å². The van der Waals surface area contributed by atoms with Gasteiger partial charge in [-0.3, -0.25) is 12.4 Å². The summed E-state index contributed by atoms with van der Waals surface area (Å²) >= 11 is 0. The summed E-state index contributed by atoms with van der Waals surface area (Å²) in [5.74, 6) is 0.615. The number of carbonyl (C=O) groups excluding carboxylic acids is 1. The number of hydrogen-bond donors (Lipinski definition) is 0. The first-order valence-electron chi connectivity index (χ1n) is 11.8. The lowest BCUT2D eigenvalue weighted by atomic mass is 9.45. The van der Waals surface area contributed by atoms with Crippen LogP contribution in [0.3, 0.4) is 0 Å². The molecule has 3 fully saturated rings. The molecule has 3 aliphatic rings. The van der Waals surface area contributed by atoms with Crippen LogP contribution in [-0.2, 0) is 9.53 Å². The van der Waals surface area contributed by atoms with Gasteiger partial charge in [-0.05, 0) is 53.9 Å². The number of fused-ring (bicyclic) bond motifs is 2. The minimum absolute atomic E-state index is 0.0639. The molecule has 4 heteroatoms. The Kier molecular flexibility index (Phi) is 5.73. The van der Waals surface area contributed by atoms with Crippen molar-refractivity contribution < 1.29 is 9.53 Å². The minimum atomic E-state index is -2.44. The Hall–Kier alpha value is -2.38. The molecule has 0 spiro atoms. The summed E-state index contributed by atoms with van der Waals surface area (Å²) < 4.78 is 5.41. The SMILES string of the molecule is [B-][P+](c1ccccc1)(c1ccccc1-c1ccccc1)[C@H]1C[C@H]2C[C@@H]([C@@H]1C(=O)OC)C2(C)C. The van der Waals surface area contributed by atoms with Gasteiger partial charge in [0.15, 0.2) is 0 Å². The van der Waals surface area contributed by atoms with E-state index in [2.05, 4.69) is 86.6 Å². The van der Waals surface area contributed by atoms with E-state index in [0.717, 1.165) is 23.7 Å². The van der Waals surface area contributed by atoms with Crippen molar-refractivity contribution in [3.8, 4) is 11.1 Å². The molecule has 0 N–H and O–H groups in total.